The predicted molar refractivity (Wildman–Crippen MR) is 127 cm³/mol. The van der Waals surface area contributed by atoms with Crippen LogP contribution in [0.5, 0.6) is 0 Å². The topological polar surface area (TPSA) is 84.0 Å². The van der Waals surface area contributed by atoms with Gasteiger partial charge in [0.1, 0.15) is 5.03 Å². The fourth-order valence-corrected chi connectivity index (χ4v) is 3.95. The summed E-state index contributed by atoms with van der Waals surface area (Å²) in [6, 6.07) is 22.1. The standard InChI is InChI=1S/C24H19ClN4O2S/c1-15-7-9-17(10-8-15)23(31)29-28-21(30)14-32-24-19-13-18(25)11-12-20(19)26-22(27-24)16-5-3-2-4-6-16/h2-13H,14H2,1H3,(H,28,30)(H,29,31). The van der Waals surface area contributed by atoms with Crippen LogP contribution in [0.25, 0.3) is 22.3 Å². The number of hydrogen-bond acceptors (Lipinski definition) is 5. The summed E-state index contributed by atoms with van der Waals surface area (Å²) in [6.07, 6.45) is 0. The van der Waals surface area contributed by atoms with Crippen molar-refractivity contribution in [3.63, 3.8) is 0 Å². The van der Waals surface area contributed by atoms with Gasteiger partial charge in [0.25, 0.3) is 5.91 Å². The van der Waals surface area contributed by atoms with Crippen molar-refractivity contribution in [3.05, 3.63) is 88.9 Å². The lowest BCUT2D eigenvalue weighted by molar-refractivity contribution is -0.119. The molecule has 32 heavy (non-hydrogen) atoms. The Labute approximate surface area is 194 Å². The molecule has 2 amide bonds. The number of hydrazine groups is 1. The van der Waals surface area contributed by atoms with Crippen molar-refractivity contribution in [1.29, 1.82) is 0 Å². The van der Waals surface area contributed by atoms with E-state index in [0.717, 1.165) is 22.0 Å². The number of halogens is 1. The minimum Gasteiger partial charge on any atom is -0.272 e. The molecule has 0 aliphatic rings. The summed E-state index contributed by atoms with van der Waals surface area (Å²) in [5.41, 5.74) is 8.00. The Kier molecular flexibility index (Phi) is 6.68. The number of benzene rings is 3. The van der Waals surface area contributed by atoms with Crippen LogP contribution in [0.3, 0.4) is 0 Å². The molecular weight excluding hydrogens is 444 g/mol. The van der Waals surface area contributed by atoms with E-state index in [2.05, 4.69) is 20.8 Å². The van der Waals surface area contributed by atoms with Crippen molar-refractivity contribution >= 4 is 46.1 Å². The van der Waals surface area contributed by atoms with Gasteiger partial charge >= 0.3 is 0 Å². The molecule has 0 bridgehead atoms. The first kappa shape index (κ1) is 21.8. The van der Waals surface area contributed by atoms with Gasteiger partial charge in [-0.3, -0.25) is 20.4 Å². The van der Waals surface area contributed by atoms with E-state index >= 15 is 0 Å². The van der Waals surface area contributed by atoms with E-state index in [1.165, 1.54) is 11.8 Å². The van der Waals surface area contributed by atoms with E-state index in [1.54, 1.807) is 24.3 Å². The number of thioether (sulfide) groups is 1. The zero-order chi connectivity index (χ0) is 22.5. The van der Waals surface area contributed by atoms with Crippen LogP contribution in [-0.4, -0.2) is 27.5 Å². The van der Waals surface area contributed by atoms with Gasteiger partial charge in [-0.25, -0.2) is 9.97 Å². The number of nitrogens with zero attached hydrogens (tertiary/aromatic N) is 2. The van der Waals surface area contributed by atoms with Gasteiger partial charge in [-0.05, 0) is 37.3 Å². The summed E-state index contributed by atoms with van der Waals surface area (Å²) in [6.45, 7) is 1.94. The van der Waals surface area contributed by atoms with Gasteiger partial charge in [0.05, 0.1) is 11.3 Å². The molecule has 0 aliphatic carbocycles. The number of fused-ring (bicyclic) bond motifs is 1. The molecule has 1 aromatic heterocycles. The van der Waals surface area contributed by atoms with E-state index in [4.69, 9.17) is 11.6 Å². The van der Waals surface area contributed by atoms with Gasteiger partial charge < -0.3 is 0 Å². The average molecular weight is 463 g/mol. The summed E-state index contributed by atoms with van der Waals surface area (Å²) in [5, 5.41) is 1.96. The van der Waals surface area contributed by atoms with E-state index in [0.29, 0.717) is 21.4 Å². The number of carbonyl (C=O) groups is 2. The number of hydrogen-bond donors (Lipinski definition) is 2. The summed E-state index contributed by atoms with van der Waals surface area (Å²) in [4.78, 5) is 33.8. The molecule has 0 spiro atoms. The highest BCUT2D eigenvalue weighted by molar-refractivity contribution is 8.00. The minimum atomic E-state index is -0.381. The molecule has 4 aromatic rings. The first-order valence-corrected chi connectivity index (χ1v) is 11.2. The Bertz CT molecular complexity index is 1280. The van der Waals surface area contributed by atoms with Crippen LogP contribution in [0, 0.1) is 6.92 Å². The lowest BCUT2D eigenvalue weighted by Gasteiger charge is -2.10. The van der Waals surface area contributed by atoms with Crippen molar-refractivity contribution in [2.24, 2.45) is 0 Å². The SMILES string of the molecule is Cc1ccc(C(=O)NNC(=O)CSc2nc(-c3ccccc3)nc3ccc(Cl)cc23)cc1. The molecule has 1 heterocycles. The Morgan fingerprint density at radius 2 is 1.69 bits per heavy atom. The predicted octanol–water partition coefficient (Wildman–Crippen LogP) is 4.81. The van der Waals surface area contributed by atoms with Crippen LogP contribution in [-0.2, 0) is 4.79 Å². The van der Waals surface area contributed by atoms with Gasteiger partial charge in [0.15, 0.2) is 5.82 Å². The second-order valence-corrected chi connectivity index (χ2v) is 8.44. The smallest absolute Gasteiger partial charge is 0.269 e. The van der Waals surface area contributed by atoms with Gasteiger partial charge in [-0.2, -0.15) is 0 Å². The van der Waals surface area contributed by atoms with Crippen LogP contribution in [0.2, 0.25) is 5.02 Å². The zero-order valence-electron chi connectivity index (χ0n) is 17.1. The summed E-state index contributed by atoms with van der Waals surface area (Å²) >= 11 is 7.42. The monoisotopic (exact) mass is 462 g/mol. The highest BCUT2D eigenvalue weighted by Gasteiger charge is 2.13. The highest BCUT2D eigenvalue weighted by atomic mass is 35.5. The molecule has 0 saturated heterocycles. The molecule has 0 radical (unpaired) electrons. The lowest BCUT2D eigenvalue weighted by Crippen LogP contribution is -2.42. The fraction of sp³-hybridized carbons (Fsp3) is 0.0833. The first-order chi connectivity index (χ1) is 15.5. The third kappa shape index (κ3) is 5.25. The minimum absolute atomic E-state index is 0.0566. The van der Waals surface area contributed by atoms with Crippen LogP contribution in [0.15, 0.2) is 77.8 Å². The average Bonchev–Trinajstić information content (AvgIpc) is 2.82. The number of aryl methyl sites for hydroxylation is 1. The number of aromatic nitrogens is 2. The van der Waals surface area contributed by atoms with E-state index < -0.39 is 0 Å². The Morgan fingerprint density at radius 1 is 0.938 bits per heavy atom. The molecule has 3 aromatic carbocycles. The second kappa shape index (κ2) is 9.80. The molecule has 0 fully saturated rings. The lowest BCUT2D eigenvalue weighted by atomic mass is 10.1. The molecule has 2 N–H and O–H groups in total. The fourth-order valence-electron chi connectivity index (χ4n) is 2.97. The zero-order valence-corrected chi connectivity index (χ0v) is 18.7. The molecule has 0 unspecified atom stereocenters. The number of carbonyl (C=O) groups excluding carboxylic acids is 2. The van der Waals surface area contributed by atoms with Crippen LogP contribution in [0.1, 0.15) is 15.9 Å². The van der Waals surface area contributed by atoms with E-state index in [-0.39, 0.29) is 17.6 Å². The molecule has 0 aliphatic heterocycles. The van der Waals surface area contributed by atoms with Crippen LogP contribution >= 0.6 is 23.4 Å². The van der Waals surface area contributed by atoms with Gasteiger partial charge in [0, 0.05) is 21.5 Å². The largest absolute Gasteiger partial charge is 0.272 e. The number of nitrogens with one attached hydrogen (secondary N) is 2. The van der Waals surface area contributed by atoms with E-state index in [9.17, 15) is 9.59 Å². The third-order valence-electron chi connectivity index (χ3n) is 4.62. The summed E-state index contributed by atoms with van der Waals surface area (Å²) in [7, 11) is 0. The maximum absolute atomic E-state index is 12.3. The van der Waals surface area contributed by atoms with Crippen molar-refractivity contribution in [2.75, 3.05) is 5.75 Å². The maximum atomic E-state index is 12.3. The molecule has 0 atom stereocenters. The van der Waals surface area contributed by atoms with Crippen molar-refractivity contribution in [3.8, 4) is 11.4 Å². The summed E-state index contributed by atoms with van der Waals surface area (Å²) in [5.74, 6) is -0.114. The third-order valence-corrected chi connectivity index (χ3v) is 5.85. The number of rotatable bonds is 5. The maximum Gasteiger partial charge on any atom is 0.269 e. The molecule has 6 nitrogen and oxygen atoms in total. The molecule has 0 saturated carbocycles. The normalized spacial score (nSPS) is 10.7. The van der Waals surface area contributed by atoms with E-state index in [1.807, 2.05) is 55.5 Å². The number of amides is 2. The van der Waals surface area contributed by atoms with Crippen molar-refractivity contribution in [2.45, 2.75) is 11.9 Å². The Balaban J connectivity index is 1.48. The van der Waals surface area contributed by atoms with Gasteiger partial charge in [-0.15, -0.1) is 0 Å². The second-order valence-electron chi connectivity index (χ2n) is 7.04. The molecule has 8 heteroatoms. The van der Waals surface area contributed by atoms with Gasteiger partial charge in [0.2, 0.25) is 5.91 Å². The Hall–Kier alpha value is -3.42. The summed E-state index contributed by atoms with van der Waals surface area (Å²) < 4.78 is 0. The van der Waals surface area contributed by atoms with Gasteiger partial charge in [-0.1, -0.05) is 71.4 Å². The molecular formula is C24H19ClN4O2S. The molecule has 4 rings (SSSR count). The van der Waals surface area contributed by atoms with Crippen molar-refractivity contribution in [1.82, 2.24) is 20.8 Å². The van der Waals surface area contributed by atoms with Crippen molar-refractivity contribution < 1.29 is 9.59 Å². The highest BCUT2D eigenvalue weighted by Crippen LogP contribution is 2.30. The van der Waals surface area contributed by atoms with Crippen LogP contribution in [0.4, 0.5) is 0 Å². The first-order valence-electron chi connectivity index (χ1n) is 9.81. The van der Waals surface area contributed by atoms with Crippen LogP contribution < -0.4 is 10.9 Å². The quantitative estimate of drug-likeness (QED) is 0.252. The Morgan fingerprint density at radius 3 is 2.44 bits per heavy atom. The molecule has 160 valence electrons.